The van der Waals surface area contributed by atoms with E-state index in [0.717, 1.165) is 51.4 Å². The number of hydrogen-bond acceptors (Lipinski definition) is 4. The molecule has 4 fully saturated rings. The smallest absolute Gasteiger partial charge is 0.0605 e. The molecule has 0 spiro atoms. The van der Waals surface area contributed by atoms with Crippen LogP contribution in [-0.2, 0) is 0 Å². The van der Waals surface area contributed by atoms with Crippen LogP contribution in [0.3, 0.4) is 0 Å². The molecule has 4 heteroatoms. The maximum Gasteiger partial charge on any atom is 0.0605 e. The monoisotopic (exact) mass is 422 g/mol. The standard InChI is InChI=1S/C26H46O4/c1-5-17-20-13-16(28)10-11-25(20,3)23-21(29)14-26(4)18(15(2)7-6-12-27)8-9-19(26)22(23)24(17)30/h15-24,27-30H,5-14H2,1-4H3/t15-,16-,17-,18-,19?,20?,21+,22?,23?,24-,25+,26-/m1/s1. The van der Waals surface area contributed by atoms with Crippen LogP contribution < -0.4 is 0 Å². The maximum absolute atomic E-state index is 11.7. The highest BCUT2D eigenvalue weighted by Crippen LogP contribution is 2.69. The van der Waals surface area contributed by atoms with Gasteiger partial charge in [0.1, 0.15) is 0 Å². The molecule has 0 saturated heterocycles. The molecule has 0 aromatic heterocycles. The molecule has 12 atom stereocenters. The summed E-state index contributed by atoms with van der Waals surface area (Å²) in [5.74, 6) is 2.45. The molecule has 4 aliphatic carbocycles. The molecule has 0 heterocycles. The van der Waals surface area contributed by atoms with E-state index in [1.54, 1.807) is 0 Å². The van der Waals surface area contributed by atoms with Gasteiger partial charge in [0, 0.05) is 6.61 Å². The average Bonchev–Trinajstić information content (AvgIpc) is 3.04. The minimum Gasteiger partial charge on any atom is -0.396 e. The zero-order valence-corrected chi connectivity index (χ0v) is 19.6. The molecule has 30 heavy (non-hydrogen) atoms. The fourth-order valence-corrected chi connectivity index (χ4v) is 9.66. The number of aliphatic hydroxyl groups is 4. The zero-order chi connectivity index (χ0) is 21.8. The molecule has 4 nitrogen and oxygen atoms in total. The lowest BCUT2D eigenvalue weighted by molar-refractivity contribution is -0.235. The molecular weight excluding hydrogens is 376 g/mol. The summed E-state index contributed by atoms with van der Waals surface area (Å²) in [6, 6.07) is 0. The number of aliphatic hydroxyl groups excluding tert-OH is 4. The highest BCUT2D eigenvalue weighted by Gasteiger charge is 2.67. The maximum atomic E-state index is 11.7. The third-order valence-electron chi connectivity index (χ3n) is 10.9. The Morgan fingerprint density at radius 2 is 1.73 bits per heavy atom. The van der Waals surface area contributed by atoms with Crippen molar-refractivity contribution in [1.29, 1.82) is 0 Å². The fourth-order valence-electron chi connectivity index (χ4n) is 9.66. The second-order valence-electron chi connectivity index (χ2n) is 12.1. The van der Waals surface area contributed by atoms with Crippen molar-refractivity contribution in [1.82, 2.24) is 0 Å². The van der Waals surface area contributed by atoms with Gasteiger partial charge in [0.25, 0.3) is 0 Å². The van der Waals surface area contributed by atoms with Gasteiger partial charge in [-0.25, -0.2) is 0 Å². The quantitative estimate of drug-likeness (QED) is 0.540. The van der Waals surface area contributed by atoms with Gasteiger partial charge in [-0.1, -0.05) is 34.1 Å². The highest BCUT2D eigenvalue weighted by atomic mass is 16.3. The van der Waals surface area contributed by atoms with Crippen molar-refractivity contribution in [2.75, 3.05) is 6.61 Å². The Labute approximate surface area is 183 Å². The van der Waals surface area contributed by atoms with Crippen molar-refractivity contribution >= 4 is 0 Å². The fraction of sp³-hybridized carbons (Fsp3) is 1.00. The lowest BCUT2D eigenvalue weighted by Crippen LogP contribution is -2.65. The normalized spacial score (nSPS) is 54.2. The Morgan fingerprint density at radius 1 is 1.00 bits per heavy atom. The van der Waals surface area contributed by atoms with Crippen molar-refractivity contribution in [3.63, 3.8) is 0 Å². The molecule has 0 radical (unpaired) electrons. The van der Waals surface area contributed by atoms with Crippen LogP contribution in [0.1, 0.15) is 85.5 Å². The van der Waals surface area contributed by atoms with Crippen molar-refractivity contribution < 1.29 is 20.4 Å². The first-order valence-electron chi connectivity index (χ1n) is 12.8. The second-order valence-corrected chi connectivity index (χ2v) is 12.1. The molecule has 4 unspecified atom stereocenters. The van der Waals surface area contributed by atoms with E-state index in [1.807, 2.05) is 0 Å². The molecule has 0 aliphatic heterocycles. The van der Waals surface area contributed by atoms with Crippen LogP contribution in [0.15, 0.2) is 0 Å². The van der Waals surface area contributed by atoms with Gasteiger partial charge in [0.15, 0.2) is 0 Å². The first kappa shape index (κ1) is 23.0. The molecule has 4 saturated carbocycles. The summed E-state index contributed by atoms with van der Waals surface area (Å²) in [6.45, 7) is 9.56. The summed E-state index contributed by atoms with van der Waals surface area (Å²) in [4.78, 5) is 0. The van der Waals surface area contributed by atoms with Crippen LogP contribution in [0.4, 0.5) is 0 Å². The molecule has 0 amide bonds. The predicted molar refractivity (Wildman–Crippen MR) is 119 cm³/mol. The van der Waals surface area contributed by atoms with Crippen LogP contribution in [0.2, 0.25) is 0 Å². The summed E-state index contributed by atoms with van der Waals surface area (Å²) >= 11 is 0. The van der Waals surface area contributed by atoms with Crippen LogP contribution in [0.25, 0.3) is 0 Å². The van der Waals surface area contributed by atoms with Gasteiger partial charge in [-0.05, 0) is 104 Å². The van der Waals surface area contributed by atoms with E-state index in [0.29, 0.717) is 23.7 Å². The molecule has 0 aromatic carbocycles. The molecule has 4 N–H and O–H groups in total. The Bertz CT molecular complexity index is 610. The van der Waals surface area contributed by atoms with Gasteiger partial charge < -0.3 is 20.4 Å². The van der Waals surface area contributed by atoms with Gasteiger partial charge in [-0.2, -0.15) is 0 Å². The molecule has 174 valence electrons. The number of hydrogen-bond donors (Lipinski definition) is 4. The van der Waals surface area contributed by atoms with Crippen molar-refractivity contribution in [2.45, 2.75) is 104 Å². The summed E-state index contributed by atoms with van der Waals surface area (Å²) in [7, 11) is 0. The largest absolute Gasteiger partial charge is 0.396 e. The van der Waals surface area contributed by atoms with E-state index in [2.05, 4.69) is 27.7 Å². The van der Waals surface area contributed by atoms with E-state index in [9.17, 15) is 20.4 Å². The molecule has 4 aliphatic rings. The SMILES string of the molecule is CC[C@@H]1C2C[C@H](O)CC[C@]2(C)C2C(C3CC[C@H]([C@H](C)CCCO)[C@@]3(C)C[C@@H]2O)[C@@H]1O. The topological polar surface area (TPSA) is 80.9 Å². The van der Waals surface area contributed by atoms with Gasteiger partial charge in [-0.3, -0.25) is 0 Å². The van der Waals surface area contributed by atoms with Gasteiger partial charge >= 0.3 is 0 Å². The molecular formula is C26H46O4. The summed E-state index contributed by atoms with van der Waals surface area (Å²) in [5.41, 5.74) is 0.0945. The third kappa shape index (κ3) is 3.31. The predicted octanol–water partition coefficient (Wildman–Crippen LogP) is 3.99. The Balaban J connectivity index is 1.68. The lowest BCUT2D eigenvalue weighted by atomic mass is 9.40. The van der Waals surface area contributed by atoms with Crippen molar-refractivity contribution in [2.24, 2.45) is 52.3 Å². The molecule has 4 rings (SSSR count). The Morgan fingerprint density at radius 3 is 2.40 bits per heavy atom. The zero-order valence-electron chi connectivity index (χ0n) is 19.6. The number of rotatable bonds is 5. The minimum absolute atomic E-state index is 0.0190. The average molecular weight is 423 g/mol. The van der Waals surface area contributed by atoms with Crippen LogP contribution in [0, 0.1) is 52.3 Å². The summed E-state index contributed by atoms with van der Waals surface area (Å²) in [6.07, 6.45) is 7.65. The van der Waals surface area contributed by atoms with Crippen molar-refractivity contribution in [3.8, 4) is 0 Å². The summed E-state index contributed by atoms with van der Waals surface area (Å²) in [5, 5.41) is 43.1. The Kier molecular flexibility index (Phi) is 6.38. The van der Waals surface area contributed by atoms with E-state index in [-0.39, 0.29) is 53.5 Å². The first-order valence-corrected chi connectivity index (χ1v) is 12.8. The highest BCUT2D eigenvalue weighted by molar-refractivity contribution is 5.15. The molecule has 0 bridgehead atoms. The summed E-state index contributed by atoms with van der Waals surface area (Å²) < 4.78 is 0. The Hall–Kier alpha value is -0.160. The van der Waals surface area contributed by atoms with Gasteiger partial charge in [-0.15, -0.1) is 0 Å². The number of fused-ring (bicyclic) bond motifs is 5. The van der Waals surface area contributed by atoms with Crippen molar-refractivity contribution in [3.05, 3.63) is 0 Å². The van der Waals surface area contributed by atoms with Crippen LogP contribution in [-0.4, -0.2) is 45.3 Å². The van der Waals surface area contributed by atoms with E-state index in [4.69, 9.17) is 0 Å². The van der Waals surface area contributed by atoms with Crippen LogP contribution in [0.5, 0.6) is 0 Å². The van der Waals surface area contributed by atoms with Crippen LogP contribution >= 0.6 is 0 Å². The third-order valence-corrected chi connectivity index (χ3v) is 10.9. The van der Waals surface area contributed by atoms with Gasteiger partial charge in [0.05, 0.1) is 18.3 Å². The van der Waals surface area contributed by atoms with E-state index >= 15 is 0 Å². The molecule has 0 aromatic rings. The van der Waals surface area contributed by atoms with E-state index < -0.39 is 0 Å². The lowest BCUT2D eigenvalue weighted by Gasteiger charge is -2.66. The van der Waals surface area contributed by atoms with Gasteiger partial charge in [0.2, 0.25) is 0 Å². The first-order chi connectivity index (χ1) is 14.2. The minimum atomic E-state index is -0.367. The van der Waals surface area contributed by atoms with E-state index in [1.165, 1.54) is 6.42 Å². The second kappa shape index (κ2) is 8.32.